The van der Waals surface area contributed by atoms with E-state index in [4.69, 9.17) is 16.3 Å². The number of hydrogen-bond donors (Lipinski definition) is 2. The molecule has 1 aliphatic rings. The molecule has 2 N–H and O–H groups in total. The summed E-state index contributed by atoms with van der Waals surface area (Å²) in [5.41, 5.74) is 0. The monoisotopic (exact) mass is 229 g/mol. The molecule has 2 heterocycles. The predicted octanol–water partition coefficient (Wildman–Crippen LogP) is 0.692. The Hall–Kier alpha value is -0.910. The number of anilines is 1. The van der Waals surface area contributed by atoms with Gasteiger partial charge in [0.2, 0.25) is 5.95 Å². The first-order chi connectivity index (χ1) is 7.25. The number of nitrogens with one attached hydrogen (secondary N) is 1. The molecule has 0 amide bonds. The molecule has 82 valence electrons. The van der Waals surface area contributed by atoms with Gasteiger partial charge in [-0.15, -0.1) is 0 Å². The van der Waals surface area contributed by atoms with Crippen LogP contribution >= 0.6 is 11.6 Å². The van der Waals surface area contributed by atoms with E-state index in [2.05, 4.69) is 15.3 Å². The van der Waals surface area contributed by atoms with Crippen molar-refractivity contribution in [2.45, 2.75) is 18.6 Å². The molecule has 1 saturated heterocycles. The Morgan fingerprint density at radius 1 is 1.47 bits per heavy atom. The van der Waals surface area contributed by atoms with Crippen molar-refractivity contribution < 1.29 is 9.84 Å². The lowest BCUT2D eigenvalue weighted by Gasteiger charge is -2.28. The Morgan fingerprint density at radius 3 is 2.87 bits per heavy atom. The van der Waals surface area contributed by atoms with Gasteiger partial charge < -0.3 is 15.2 Å². The highest BCUT2D eigenvalue weighted by Crippen LogP contribution is 2.13. The Morgan fingerprint density at radius 2 is 2.20 bits per heavy atom. The average Bonchev–Trinajstić information content (AvgIpc) is 2.25. The van der Waals surface area contributed by atoms with Crippen molar-refractivity contribution in [1.82, 2.24) is 9.97 Å². The molecule has 0 radical (unpaired) electrons. The molecule has 15 heavy (non-hydrogen) atoms. The third-order valence-electron chi connectivity index (χ3n) is 2.26. The predicted molar refractivity (Wildman–Crippen MR) is 55.9 cm³/mol. The molecule has 1 fully saturated rings. The van der Waals surface area contributed by atoms with E-state index in [1.165, 1.54) is 12.4 Å². The first kappa shape index (κ1) is 10.6. The van der Waals surface area contributed by atoms with Crippen LogP contribution in [0.4, 0.5) is 5.95 Å². The molecular weight excluding hydrogens is 218 g/mol. The maximum atomic E-state index is 9.62. The number of halogens is 1. The minimum absolute atomic E-state index is 0.0556. The lowest BCUT2D eigenvalue weighted by Crippen LogP contribution is -2.42. The van der Waals surface area contributed by atoms with Crippen molar-refractivity contribution in [3.8, 4) is 0 Å². The van der Waals surface area contributed by atoms with Gasteiger partial charge in [-0.25, -0.2) is 9.97 Å². The fraction of sp³-hybridized carbons (Fsp3) is 0.556. The maximum Gasteiger partial charge on any atom is 0.222 e. The van der Waals surface area contributed by atoms with Crippen LogP contribution in [-0.4, -0.2) is 40.4 Å². The van der Waals surface area contributed by atoms with Gasteiger partial charge in [-0.2, -0.15) is 0 Å². The van der Waals surface area contributed by atoms with E-state index in [0.717, 1.165) is 6.42 Å². The highest BCUT2D eigenvalue weighted by molar-refractivity contribution is 6.30. The van der Waals surface area contributed by atoms with Gasteiger partial charge in [-0.1, -0.05) is 11.6 Å². The molecule has 0 spiro atoms. The van der Waals surface area contributed by atoms with Crippen molar-refractivity contribution in [2.24, 2.45) is 0 Å². The SMILES string of the molecule is O[C@@H]1COCC[C@H]1Nc1ncc(Cl)cn1. The molecule has 0 aromatic carbocycles. The van der Waals surface area contributed by atoms with Gasteiger partial charge in [-0.05, 0) is 6.42 Å². The van der Waals surface area contributed by atoms with E-state index < -0.39 is 6.10 Å². The van der Waals surface area contributed by atoms with Crippen LogP contribution in [0, 0.1) is 0 Å². The van der Waals surface area contributed by atoms with Crippen LogP contribution in [0.15, 0.2) is 12.4 Å². The second-order valence-corrected chi connectivity index (χ2v) is 3.84. The number of aliphatic hydroxyl groups is 1. The standard InChI is InChI=1S/C9H12ClN3O2/c10-6-3-11-9(12-4-6)13-7-1-2-15-5-8(7)14/h3-4,7-8,14H,1-2,5H2,(H,11,12,13)/t7-,8-/m1/s1. The van der Waals surface area contributed by atoms with Crippen molar-refractivity contribution in [3.63, 3.8) is 0 Å². The summed E-state index contributed by atoms with van der Waals surface area (Å²) in [7, 11) is 0. The Balaban J connectivity index is 1.98. The lowest BCUT2D eigenvalue weighted by molar-refractivity contribution is -0.0136. The zero-order chi connectivity index (χ0) is 10.7. The number of rotatable bonds is 2. The van der Waals surface area contributed by atoms with Crippen LogP contribution in [0.1, 0.15) is 6.42 Å². The Bertz CT molecular complexity index is 320. The van der Waals surface area contributed by atoms with E-state index in [9.17, 15) is 5.11 Å². The van der Waals surface area contributed by atoms with E-state index in [0.29, 0.717) is 24.2 Å². The van der Waals surface area contributed by atoms with Crippen LogP contribution in [0.3, 0.4) is 0 Å². The molecule has 0 bridgehead atoms. The van der Waals surface area contributed by atoms with Crippen LogP contribution in [0.5, 0.6) is 0 Å². The molecule has 5 nitrogen and oxygen atoms in total. The Kier molecular flexibility index (Phi) is 3.35. The topological polar surface area (TPSA) is 67.3 Å². The third-order valence-corrected chi connectivity index (χ3v) is 2.46. The second kappa shape index (κ2) is 4.74. The Labute approximate surface area is 92.5 Å². The first-order valence-electron chi connectivity index (χ1n) is 4.75. The summed E-state index contributed by atoms with van der Waals surface area (Å²) in [6, 6.07) is -0.0556. The molecule has 1 aromatic rings. The smallest absolute Gasteiger partial charge is 0.222 e. The molecule has 2 rings (SSSR count). The molecule has 0 unspecified atom stereocenters. The summed E-state index contributed by atoms with van der Waals surface area (Å²) in [5.74, 6) is 0.477. The van der Waals surface area contributed by atoms with E-state index in [1.807, 2.05) is 0 Å². The van der Waals surface area contributed by atoms with Crippen molar-refractivity contribution in [1.29, 1.82) is 0 Å². The van der Waals surface area contributed by atoms with E-state index in [1.54, 1.807) is 0 Å². The molecule has 0 aliphatic carbocycles. The van der Waals surface area contributed by atoms with Gasteiger partial charge >= 0.3 is 0 Å². The normalized spacial score (nSPS) is 26.3. The van der Waals surface area contributed by atoms with Gasteiger partial charge in [0.25, 0.3) is 0 Å². The number of nitrogens with zero attached hydrogens (tertiary/aromatic N) is 2. The van der Waals surface area contributed by atoms with Gasteiger partial charge in [-0.3, -0.25) is 0 Å². The second-order valence-electron chi connectivity index (χ2n) is 3.41. The summed E-state index contributed by atoms with van der Waals surface area (Å²) in [5, 5.41) is 13.2. The number of aliphatic hydroxyl groups excluding tert-OH is 1. The molecule has 6 heteroatoms. The van der Waals surface area contributed by atoms with Crippen molar-refractivity contribution >= 4 is 17.5 Å². The number of aromatic nitrogens is 2. The molecular formula is C9H12ClN3O2. The largest absolute Gasteiger partial charge is 0.389 e. The number of hydrogen-bond acceptors (Lipinski definition) is 5. The summed E-state index contributed by atoms with van der Waals surface area (Å²) < 4.78 is 5.12. The van der Waals surface area contributed by atoms with Crippen LogP contribution in [0.2, 0.25) is 5.02 Å². The molecule has 2 atom stereocenters. The quantitative estimate of drug-likeness (QED) is 0.781. The number of ether oxygens (including phenoxy) is 1. The van der Waals surface area contributed by atoms with Gasteiger partial charge in [0.1, 0.15) is 0 Å². The minimum Gasteiger partial charge on any atom is -0.389 e. The summed E-state index contributed by atoms with van der Waals surface area (Å²) in [4.78, 5) is 8.00. The van der Waals surface area contributed by atoms with Gasteiger partial charge in [0.15, 0.2) is 0 Å². The minimum atomic E-state index is -0.516. The summed E-state index contributed by atoms with van der Waals surface area (Å²) in [6.45, 7) is 0.994. The van der Waals surface area contributed by atoms with E-state index in [-0.39, 0.29) is 6.04 Å². The van der Waals surface area contributed by atoms with Crippen molar-refractivity contribution in [2.75, 3.05) is 18.5 Å². The molecule has 0 saturated carbocycles. The maximum absolute atomic E-state index is 9.62. The zero-order valence-corrected chi connectivity index (χ0v) is 8.81. The van der Waals surface area contributed by atoms with Gasteiger partial charge in [0.05, 0.1) is 36.2 Å². The molecule has 1 aromatic heterocycles. The zero-order valence-electron chi connectivity index (χ0n) is 8.06. The van der Waals surface area contributed by atoms with Crippen LogP contribution in [0.25, 0.3) is 0 Å². The molecule has 1 aliphatic heterocycles. The average molecular weight is 230 g/mol. The van der Waals surface area contributed by atoms with Crippen LogP contribution < -0.4 is 5.32 Å². The highest BCUT2D eigenvalue weighted by atomic mass is 35.5. The fourth-order valence-electron chi connectivity index (χ4n) is 1.44. The lowest BCUT2D eigenvalue weighted by atomic mass is 10.1. The van der Waals surface area contributed by atoms with Crippen molar-refractivity contribution in [3.05, 3.63) is 17.4 Å². The summed E-state index contributed by atoms with van der Waals surface area (Å²) in [6.07, 6.45) is 3.26. The first-order valence-corrected chi connectivity index (χ1v) is 5.13. The van der Waals surface area contributed by atoms with Gasteiger partial charge in [0, 0.05) is 6.61 Å². The van der Waals surface area contributed by atoms with E-state index >= 15 is 0 Å². The summed E-state index contributed by atoms with van der Waals surface area (Å²) >= 11 is 5.66. The van der Waals surface area contributed by atoms with Crippen LogP contribution in [-0.2, 0) is 4.74 Å². The highest BCUT2D eigenvalue weighted by Gasteiger charge is 2.23. The fourth-order valence-corrected chi connectivity index (χ4v) is 1.54. The third kappa shape index (κ3) is 2.77.